The number of hydrogen-bond acceptors (Lipinski definition) is 4. The zero-order valence-electron chi connectivity index (χ0n) is 9.06. The Morgan fingerprint density at radius 1 is 1.67 bits per heavy atom. The maximum absolute atomic E-state index is 11.0. The van der Waals surface area contributed by atoms with Crippen LogP contribution in [0.15, 0.2) is 24.5 Å². The normalized spacial score (nSPS) is 12.1. The minimum absolute atomic E-state index is 0.109. The van der Waals surface area contributed by atoms with Crippen molar-refractivity contribution in [1.82, 2.24) is 10.3 Å². The molecule has 4 heteroatoms. The highest BCUT2D eigenvalue weighted by Gasteiger charge is 2.07. The van der Waals surface area contributed by atoms with E-state index in [9.17, 15) is 4.79 Å². The number of carbonyl (C=O) groups excluding carboxylic acids is 1. The van der Waals surface area contributed by atoms with E-state index in [0.717, 1.165) is 5.56 Å². The monoisotopic (exact) mass is 208 g/mol. The number of carbonyl (C=O) groups is 1. The average Bonchev–Trinajstić information content (AvgIpc) is 2.27. The molecule has 0 radical (unpaired) electrons. The zero-order chi connectivity index (χ0) is 11.1. The highest BCUT2D eigenvalue weighted by Crippen LogP contribution is 1.98. The first kappa shape index (κ1) is 11.7. The molecule has 4 nitrogen and oxygen atoms in total. The number of nitrogens with one attached hydrogen (secondary N) is 1. The second-order valence-electron chi connectivity index (χ2n) is 3.42. The van der Waals surface area contributed by atoms with Gasteiger partial charge in [-0.2, -0.15) is 0 Å². The first-order valence-corrected chi connectivity index (χ1v) is 4.91. The Labute approximate surface area is 89.7 Å². The summed E-state index contributed by atoms with van der Waals surface area (Å²) in [6.45, 7) is 2.67. The van der Waals surface area contributed by atoms with Crippen LogP contribution < -0.4 is 5.32 Å². The Balaban J connectivity index is 2.28. The van der Waals surface area contributed by atoms with Crippen molar-refractivity contribution < 1.29 is 9.53 Å². The molecule has 0 aliphatic rings. The Bertz CT molecular complexity index is 301. The fraction of sp³-hybridized carbons (Fsp3) is 0.455. The van der Waals surface area contributed by atoms with E-state index < -0.39 is 0 Å². The molecule has 0 aliphatic carbocycles. The summed E-state index contributed by atoms with van der Waals surface area (Å²) in [7, 11) is 1.40. The van der Waals surface area contributed by atoms with Crippen molar-refractivity contribution in [3.63, 3.8) is 0 Å². The summed E-state index contributed by atoms with van der Waals surface area (Å²) in [4.78, 5) is 15.0. The van der Waals surface area contributed by atoms with Gasteiger partial charge in [0.2, 0.25) is 0 Å². The Morgan fingerprint density at radius 3 is 3.07 bits per heavy atom. The smallest absolute Gasteiger partial charge is 0.307 e. The quantitative estimate of drug-likeness (QED) is 0.737. The van der Waals surface area contributed by atoms with Gasteiger partial charge in [-0.3, -0.25) is 9.78 Å². The van der Waals surface area contributed by atoms with Crippen molar-refractivity contribution in [2.75, 3.05) is 7.11 Å². The van der Waals surface area contributed by atoms with Gasteiger partial charge in [0, 0.05) is 25.0 Å². The maximum atomic E-state index is 11.0. The first-order valence-electron chi connectivity index (χ1n) is 4.91. The second-order valence-corrected chi connectivity index (χ2v) is 3.42. The summed E-state index contributed by atoms with van der Waals surface area (Å²) < 4.78 is 4.58. The molecule has 82 valence electrons. The number of hydrogen-bond donors (Lipinski definition) is 1. The second kappa shape index (κ2) is 6.14. The van der Waals surface area contributed by atoms with Gasteiger partial charge in [0.25, 0.3) is 0 Å². The van der Waals surface area contributed by atoms with E-state index in [1.807, 2.05) is 19.1 Å². The molecule has 0 saturated heterocycles. The molecule has 0 aromatic carbocycles. The van der Waals surface area contributed by atoms with Crippen LogP contribution in [0, 0.1) is 0 Å². The van der Waals surface area contributed by atoms with Crippen LogP contribution in [0.3, 0.4) is 0 Å². The predicted molar refractivity (Wildman–Crippen MR) is 57.2 cm³/mol. The lowest BCUT2D eigenvalue weighted by Crippen LogP contribution is -2.28. The standard InChI is InChI=1S/C11H16N2O2/c1-9(6-11(14)15-2)13-8-10-4-3-5-12-7-10/h3-5,7,9,13H,6,8H2,1-2H3. The van der Waals surface area contributed by atoms with Gasteiger partial charge in [0.1, 0.15) is 0 Å². The predicted octanol–water partition coefficient (Wildman–Crippen LogP) is 1.12. The molecule has 0 fully saturated rings. The summed E-state index contributed by atoms with van der Waals surface area (Å²) in [5.74, 6) is -0.193. The van der Waals surface area contributed by atoms with Crippen LogP contribution in [0.2, 0.25) is 0 Å². The lowest BCUT2D eigenvalue weighted by atomic mass is 10.2. The van der Waals surface area contributed by atoms with Gasteiger partial charge in [-0.1, -0.05) is 6.07 Å². The van der Waals surface area contributed by atoms with E-state index in [0.29, 0.717) is 13.0 Å². The molecule has 15 heavy (non-hydrogen) atoms. The van der Waals surface area contributed by atoms with Gasteiger partial charge in [-0.05, 0) is 18.6 Å². The third-order valence-electron chi connectivity index (χ3n) is 2.08. The average molecular weight is 208 g/mol. The lowest BCUT2D eigenvalue weighted by molar-refractivity contribution is -0.141. The summed E-state index contributed by atoms with van der Waals surface area (Å²) >= 11 is 0. The fourth-order valence-electron chi connectivity index (χ4n) is 1.20. The number of pyridine rings is 1. The molecule has 0 amide bonds. The van der Waals surface area contributed by atoms with Gasteiger partial charge in [0.15, 0.2) is 0 Å². The molecule has 1 unspecified atom stereocenters. The van der Waals surface area contributed by atoms with Crippen molar-refractivity contribution in [2.24, 2.45) is 0 Å². The van der Waals surface area contributed by atoms with Crippen molar-refractivity contribution >= 4 is 5.97 Å². The molecule has 1 heterocycles. The van der Waals surface area contributed by atoms with Crippen LogP contribution in [0.5, 0.6) is 0 Å². The third kappa shape index (κ3) is 4.56. The molecular formula is C11H16N2O2. The summed E-state index contributed by atoms with van der Waals surface area (Å²) in [6.07, 6.45) is 3.93. The van der Waals surface area contributed by atoms with Crippen molar-refractivity contribution in [3.8, 4) is 0 Å². The minimum atomic E-state index is -0.193. The van der Waals surface area contributed by atoms with Crippen LogP contribution in [-0.2, 0) is 16.1 Å². The molecule has 0 spiro atoms. The number of esters is 1. The van der Waals surface area contributed by atoms with Crippen LogP contribution in [-0.4, -0.2) is 24.1 Å². The SMILES string of the molecule is COC(=O)CC(C)NCc1cccnc1. The lowest BCUT2D eigenvalue weighted by Gasteiger charge is -2.11. The number of aromatic nitrogens is 1. The number of rotatable bonds is 5. The van der Waals surface area contributed by atoms with Crippen LogP contribution in [0.25, 0.3) is 0 Å². The number of ether oxygens (including phenoxy) is 1. The van der Waals surface area contributed by atoms with Crippen molar-refractivity contribution in [3.05, 3.63) is 30.1 Å². The van der Waals surface area contributed by atoms with E-state index in [4.69, 9.17) is 0 Å². The van der Waals surface area contributed by atoms with Crippen LogP contribution in [0.4, 0.5) is 0 Å². The van der Waals surface area contributed by atoms with E-state index in [1.54, 1.807) is 12.4 Å². The molecule has 1 atom stereocenters. The Kier molecular flexibility index (Phi) is 4.77. The summed E-state index contributed by atoms with van der Waals surface area (Å²) in [6, 6.07) is 3.99. The van der Waals surface area contributed by atoms with Gasteiger partial charge in [-0.15, -0.1) is 0 Å². The van der Waals surface area contributed by atoms with Gasteiger partial charge < -0.3 is 10.1 Å². The van der Waals surface area contributed by atoms with E-state index in [-0.39, 0.29) is 12.0 Å². The highest BCUT2D eigenvalue weighted by molar-refractivity contribution is 5.69. The highest BCUT2D eigenvalue weighted by atomic mass is 16.5. The largest absolute Gasteiger partial charge is 0.469 e. The first-order chi connectivity index (χ1) is 7.22. The van der Waals surface area contributed by atoms with Crippen molar-refractivity contribution in [1.29, 1.82) is 0 Å². The molecule has 1 rings (SSSR count). The van der Waals surface area contributed by atoms with E-state index in [2.05, 4.69) is 15.0 Å². The van der Waals surface area contributed by atoms with Gasteiger partial charge >= 0.3 is 5.97 Å². The summed E-state index contributed by atoms with van der Waals surface area (Å²) in [5.41, 5.74) is 1.11. The Hall–Kier alpha value is -1.42. The van der Waals surface area contributed by atoms with E-state index in [1.165, 1.54) is 7.11 Å². The molecule has 1 aromatic rings. The van der Waals surface area contributed by atoms with Crippen molar-refractivity contribution in [2.45, 2.75) is 25.9 Å². The van der Waals surface area contributed by atoms with Gasteiger partial charge in [-0.25, -0.2) is 0 Å². The molecular weight excluding hydrogens is 192 g/mol. The van der Waals surface area contributed by atoms with Crippen LogP contribution in [0.1, 0.15) is 18.9 Å². The molecule has 1 aromatic heterocycles. The molecule has 1 N–H and O–H groups in total. The minimum Gasteiger partial charge on any atom is -0.469 e. The van der Waals surface area contributed by atoms with Crippen LogP contribution >= 0.6 is 0 Å². The summed E-state index contributed by atoms with van der Waals surface area (Å²) in [5, 5.41) is 3.22. The zero-order valence-corrected chi connectivity index (χ0v) is 9.06. The molecule has 0 saturated carbocycles. The van der Waals surface area contributed by atoms with E-state index >= 15 is 0 Å². The third-order valence-corrected chi connectivity index (χ3v) is 2.08. The molecule has 0 aliphatic heterocycles. The topological polar surface area (TPSA) is 51.2 Å². The van der Waals surface area contributed by atoms with Gasteiger partial charge in [0.05, 0.1) is 13.5 Å². The number of nitrogens with zero attached hydrogens (tertiary/aromatic N) is 1. The number of methoxy groups -OCH3 is 1. The molecule has 0 bridgehead atoms. The fourth-order valence-corrected chi connectivity index (χ4v) is 1.20. The Morgan fingerprint density at radius 2 is 2.47 bits per heavy atom. The maximum Gasteiger partial charge on any atom is 0.307 e.